The molecule has 0 aliphatic carbocycles. The Labute approximate surface area is 160 Å². The molecule has 3 atom stereocenters. The third kappa shape index (κ3) is 3.50. The lowest BCUT2D eigenvalue weighted by Gasteiger charge is -2.33. The Morgan fingerprint density at radius 2 is 1.38 bits per heavy atom. The molecule has 4 rings (SSSR count). The number of rotatable bonds is 4. The van der Waals surface area contributed by atoms with Crippen LogP contribution in [-0.2, 0) is 15.1 Å². The first-order valence-corrected chi connectivity index (χ1v) is 8.97. The number of ether oxygens (including phenoxy) is 1. The summed E-state index contributed by atoms with van der Waals surface area (Å²) in [6.07, 6.45) is 3.79. The maximum Gasteiger partial charge on any atom is 0.347 e. The van der Waals surface area contributed by atoms with Gasteiger partial charge in [0.2, 0.25) is 5.60 Å². The van der Waals surface area contributed by atoms with E-state index in [9.17, 15) is 9.90 Å². The van der Waals surface area contributed by atoms with Crippen LogP contribution in [0.5, 0.6) is 0 Å². The maximum atomic E-state index is 13.1. The van der Waals surface area contributed by atoms with Crippen LogP contribution in [0.1, 0.15) is 36.8 Å². The number of halogens is 1. The summed E-state index contributed by atoms with van der Waals surface area (Å²) in [5.74, 6) is -0.587. The van der Waals surface area contributed by atoms with Crippen LogP contribution in [0.25, 0.3) is 0 Å². The van der Waals surface area contributed by atoms with Crippen molar-refractivity contribution in [2.45, 2.75) is 49.5 Å². The van der Waals surface area contributed by atoms with Crippen molar-refractivity contribution in [2.75, 3.05) is 0 Å². The lowest BCUT2D eigenvalue weighted by Crippen LogP contribution is -2.46. The Morgan fingerprint density at radius 3 is 1.85 bits per heavy atom. The van der Waals surface area contributed by atoms with Crippen molar-refractivity contribution >= 4 is 18.4 Å². The fourth-order valence-electron chi connectivity index (χ4n) is 4.10. The van der Waals surface area contributed by atoms with Crippen LogP contribution in [0.3, 0.4) is 0 Å². The molecule has 5 heteroatoms. The predicted octanol–water partition coefficient (Wildman–Crippen LogP) is 3.17. The number of aliphatic hydroxyl groups is 1. The van der Waals surface area contributed by atoms with E-state index in [2.05, 4.69) is 5.32 Å². The van der Waals surface area contributed by atoms with Gasteiger partial charge in [-0.25, -0.2) is 4.79 Å². The number of fused-ring (bicyclic) bond motifs is 2. The number of hydrogen-bond donors (Lipinski definition) is 2. The fraction of sp³-hybridized carbons (Fsp3) is 0.381. The minimum absolute atomic E-state index is 0. The van der Waals surface area contributed by atoms with Crippen molar-refractivity contribution in [3.8, 4) is 0 Å². The van der Waals surface area contributed by atoms with Crippen molar-refractivity contribution in [3.63, 3.8) is 0 Å². The quantitative estimate of drug-likeness (QED) is 0.808. The first kappa shape index (κ1) is 18.9. The van der Waals surface area contributed by atoms with Gasteiger partial charge in [0.15, 0.2) is 0 Å². The van der Waals surface area contributed by atoms with E-state index in [0.29, 0.717) is 23.2 Å². The molecular formula is C21H24ClNO3. The van der Waals surface area contributed by atoms with Gasteiger partial charge in [-0.3, -0.25) is 0 Å². The molecule has 2 saturated heterocycles. The lowest BCUT2D eigenvalue weighted by atomic mass is 9.86. The number of carbonyl (C=O) groups excluding carboxylic acids is 1. The summed E-state index contributed by atoms with van der Waals surface area (Å²) in [7, 11) is 0. The van der Waals surface area contributed by atoms with Crippen LogP contribution < -0.4 is 5.32 Å². The minimum atomic E-state index is -1.79. The predicted molar refractivity (Wildman–Crippen MR) is 102 cm³/mol. The van der Waals surface area contributed by atoms with Crippen molar-refractivity contribution in [3.05, 3.63) is 71.8 Å². The zero-order valence-electron chi connectivity index (χ0n) is 14.5. The summed E-state index contributed by atoms with van der Waals surface area (Å²) in [6, 6.07) is 18.9. The van der Waals surface area contributed by atoms with E-state index in [1.54, 1.807) is 24.3 Å². The summed E-state index contributed by atoms with van der Waals surface area (Å²) in [6.45, 7) is 0. The fourth-order valence-corrected chi connectivity index (χ4v) is 4.10. The van der Waals surface area contributed by atoms with Gasteiger partial charge in [0.1, 0.15) is 6.10 Å². The SMILES string of the molecule is Cl.O=C(O[C@@H]1C[C@H]2CC[C@@H](C1)N2)C(O)(c1ccccc1)c1ccccc1. The number of hydrogen-bond acceptors (Lipinski definition) is 4. The molecule has 0 radical (unpaired) electrons. The van der Waals surface area contributed by atoms with Gasteiger partial charge in [0.05, 0.1) is 0 Å². The van der Waals surface area contributed by atoms with Gasteiger partial charge in [-0.15, -0.1) is 12.4 Å². The minimum Gasteiger partial charge on any atom is -0.460 e. The lowest BCUT2D eigenvalue weighted by molar-refractivity contribution is -0.169. The molecule has 4 nitrogen and oxygen atoms in total. The Kier molecular flexibility index (Phi) is 5.66. The zero-order chi connectivity index (χ0) is 17.3. The molecule has 2 aromatic carbocycles. The molecule has 0 spiro atoms. The van der Waals surface area contributed by atoms with Crippen LogP contribution in [0.4, 0.5) is 0 Å². The largest absolute Gasteiger partial charge is 0.460 e. The first-order chi connectivity index (χ1) is 12.2. The molecule has 2 bridgehead atoms. The average molecular weight is 374 g/mol. The molecule has 2 aliphatic heterocycles. The Bertz CT molecular complexity index is 686. The highest BCUT2D eigenvalue weighted by molar-refractivity contribution is 5.86. The van der Waals surface area contributed by atoms with E-state index in [4.69, 9.17) is 4.74 Å². The van der Waals surface area contributed by atoms with Crippen LogP contribution >= 0.6 is 12.4 Å². The zero-order valence-corrected chi connectivity index (χ0v) is 15.3. The second-order valence-corrected chi connectivity index (χ2v) is 7.08. The van der Waals surface area contributed by atoms with Gasteiger partial charge in [0.25, 0.3) is 0 Å². The van der Waals surface area contributed by atoms with Crippen molar-refractivity contribution in [1.82, 2.24) is 5.32 Å². The van der Waals surface area contributed by atoms with Gasteiger partial charge in [0, 0.05) is 12.1 Å². The topological polar surface area (TPSA) is 58.6 Å². The molecular weight excluding hydrogens is 350 g/mol. The summed E-state index contributed by atoms with van der Waals surface area (Å²) < 4.78 is 5.82. The van der Waals surface area contributed by atoms with Gasteiger partial charge < -0.3 is 15.2 Å². The van der Waals surface area contributed by atoms with Gasteiger partial charge in [-0.05, 0) is 36.8 Å². The van der Waals surface area contributed by atoms with Crippen molar-refractivity contribution < 1.29 is 14.6 Å². The number of piperidine rings is 1. The smallest absolute Gasteiger partial charge is 0.347 e. The van der Waals surface area contributed by atoms with E-state index < -0.39 is 11.6 Å². The second kappa shape index (κ2) is 7.78. The van der Waals surface area contributed by atoms with Crippen LogP contribution in [0.2, 0.25) is 0 Å². The molecule has 2 N–H and O–H groups in total. The van der Waals surface area contributed by atoms with Crippen LogP contribution in [0, 0.1) is 0 Å². The molecule has 2 aromatic rings. The Morgan fingerprint density at radius 1 is 0.923 bits per heavy atom. The van der Waals surface area contributed by atoms with Crippen molar-refractivity contribution in [2.24, 2.45) is 0 Å². The number of esters is 1. The highest BCUT2D eigenvalue weighted by Gasteiger charge is 2.44. The molecule has 138 valence electrons. The first-order valence-electron chi connectivity index (χ1n) is 8.97. The molecule has 2 fully saturated rings. The third-order valence-corrected chi connectivity index (χ3v) is 5.38. The Balaban J connectivity index is 0.00000196. The van der Waals surface area contributed by atoms with Crippen LogP contribution in [-0.4, -0.2) is 29.3 Å². The van der Waals surface area contributed by atoms with Gasteiger partial charge in [-0.2, -0.15) is 0 Å². The van der Waals surface area contributed by atoms with E-state index in [1.165, 1.54) is 0 Å². The second-order valence-electron chi connectivity index (χ2n) is 7.08. The number of nitrogens with one attached hydrogen (secondary N) is 1. The van der Waals surface area contributed by atoms with Crippen molar-refractivity contribution in [1.29, 1.82) is 0 Å². The average Bonchev–Trinajstić information content (AvgIpc) is 3.00. The molecule has 26 heavy (non-hydrogen) atoms. The summed E-state index contributed by atoms with van der Waals surface area (Å²) in [5.41, 5.74) is -0.724. The van der Waals surface area contributed by atoms with Crippen LogP contribution in [0.15, 0.2) is 60.7 Å². The van der Waals surface area contributed by atoms with E-state index in [1.807, 2.05) is 36.4 Å². The monoisotopic (exact) mass is 373 g/mol. The third-order valence-electron chi connectivity index (χ3n) is 5.38. The summed E-state index contributed by atoms with van der Waals surface area (Å²) in [4.78, 5) is 13.1. The molecule has 2 heterocycles. The van der Waals surface area contributed by atoms with E-state index in [0.717, 1.165) is 25.7 Å². The summed E-state index contributed by atoms with van der Waals surface area (Å²) in [5, 5.41) is 15.0. The van der Waals surface area contributed by atoms with Gasteiger partial charge in [-0.1, -0.05) is 60.7 Å². The molecule has 0 unspecified atom stereocenters. The van der Waals surface area contributed by atoms with E-state index >= 15 is 0 Å². The van der Waals surface area contributed by atoms with Gasteiger partial charge >= 0.3 is 5.97 Å². The Hall–Kier alpha value is -1.88. The standard InChI is InChI=1S/C21H23NO3.ClH/c23-20(25-19-13-17-11-12-18(14-19)22-17)21(24,15-7-3-1-4-8-15)16-9-5-2-6-10-16;/h1-10,17-19,22,24H,11-14H2;1H/t17-,18+,19-;. The summed E-state index contributed by atoms with van der Waals surface area (Å²) >= 11 is 0. The molecule has 0 saturated carbocycles. The number of benzene rings is 2. The van der Waals surface area contributed by atoms with E-state index in [-0.39, 0.29) is 18.5 Å². The maximum absolute atomic E-state index is 13.1. The normalized spacial score (nSPS) is 24.6. The highest BCUT2D eigenvalue weighted by Crippen LogP contribution is 2.34. The molecule has 0 aromatic heterocycles. The molecule has 2 aliphatic rings. The highest BCUT2D eigenvalue weighted by atomic mass is 35.5. The number of carbonyl (C=O) groups is 1. The molecule has 0 amide bonds.